The van der Waals surface area contributed by atoms with Crippen LogP contribution in [0.2, 0.25) is 0 Å². The van der Waals surface area contributed by atoms with Crippen molar-refractivity contribution in [1.29, 1.82) is 0 Å². The first-order valence-electron chi connectivity index (χ1n) is 7.59. The predicted molar refractivity (Wildman–Crippen MR) is 87.0 cm³/mol. The summed E-state index contributed by atoms with van der Waals surface area (Å²) in [6.45, 7) is 4.36. The van der Waals surface area contributed by atoms with Gasteiger partial charge < -0.3 is 0 Å². The molecule has 0 heteroatoms. The van der Waals surface area contributed by atoms with E-state index in [-0.39, 0.29) is 0 Å². The normalized spacial score (nSPS) is 15.0. The number of aryl methyl sites for hydroxylation is 4. The van der Waals surface area contributed by atoms with E-state index in [1.54, 1.807) is 0 Å². The summed E-state index contributed by atoms with van der Waals surface area (Å²) in [6, 6.07) is 16.2. The van der Waals surface area contributed by atoms with Crippen molar-refractivity contribution in [1.82, 2.24) is 0 Å². The van der Waals surface area contributed by atoms with E-state index in [1.807, 2.05) is 0 Å². The zero-order valence-electron chi connectivity index (χ0n) is 12.4. The lowest BCUT2D eigenvalue weighted by atomic mass is 9.91. The van der Waals surface area contributed by atoms with Crippen molar-refractivity contribution in [3.63, 3.8) is 0 Å². The van der Waals surface area contributed by atoms with Gasteiger partial charge in [-0.3, -0.25) is 0 Å². The highest BCUT2D eigenvalue weighted by molar-refractivity contribution is 5.67. The van der Waals surface area contributed by atoms with Gasteiger partial charge in [0.1, 0.15) is 0 Å². The number of rotatable bonds is 1. The molecule has 0 heterocycles. The van der Waals surface area contributed by atoms with Crippen molar-refractivity contribution in [3.8, 4) is 0 Å². The summed E-state index contributed by atoms with van der Waals surface area (Å²) in [5.41, 5.74) is 8.67. The Hall–Kier alpha value is -1.82. The number of hydrogen-bond acceptors (Lipinski definition) is 0. The highest BCUT2D eigenvalue weighted by atomic mass is 14.1. The maximum Gasteiger partial charge on any atom is -0.0196 e. The summed E-state index contributed by atoms with van der Waals surface area (Å²) in [7, 11) is 0. The number of allylic oxidation sites excluding steroid dienone is 2. The Morgan fingerprint density at radius 1 is 0.800 bits per heavy atom. The van der Waals surface area contributed by atoms with Crippen LogP contribution in [0.25, 0.3) is 5.57 Å². The van der Waals surface area contributed by atoms with Gasteiger partial charge in [-0.1, -0.05) is 48.5 Å². The minimum atomic E-state index is 1.13. The van der Waals surface area contributed by atoms with Crippen LogP contribution in [0.3, 0.4) is 0 Å². The van der Waals surface area contributed by atoms with E-state index in [4.69, 9.17) is 0 Å². The van der Waals surface area contributed by atoms with Gasteiger partial charge in [0.25, 0.3) is 0 Å². The van der Waals surface area contributed by atoms with E-state index in [9.17, 15) is 0 Å². The van der Waals surface area contributed by atoms with Crippen LogP contribution in [-0.4, -0.2) is 0 Å². The molecule has 0 saturated heterocycles. The molecule has 0 spiro atoms. The quantitative estimate of drug-likeness (QED) is 0.679. The van der Waals surface area contributed by atoms with Gasteiger partial charge in [-0.25, -0.2) is 0 Å². The Morgan fingerprint density at radius 3 is 2.00 bits per heavy atom. The summed E-state index contributed by atoms with van der Waals surface area (Å²) in [4.78, 5) is 0. The fraction of sp³-hybridized carbons (Fsp3) is 0.300. The molecule has 2 aromatic carbocycles. The second kappa shape index (κ2) is 5.66. The topological polar surface area (TPSA) is 0 Å². The van der Waals surface area contributed by atoms with E-state index in [1.165, 1.54) is 33.4 Å². The summed E-state index contributed by atoms with van der Waals surface area (Å²) in [6.07, 6.45) is 6.74. The van der Waals surface area contributed by atoms with Gasteiger partial charge in [0.2, 0.25) is 0 Å². The zero-order valence-corrected chi connectivity index (χ0v) is 12.4. The molecule has 0 radical (unpaired) electrons. The SMILES string of the molecule is C/C=C(/C)c1cc2ccc1CCc1ccc(cc1)CC2. The number of hydrogen-bond donors (Lipinski definition) is 0. The molecule has 0 atom stereocenters. The molecule has 0 unspecified atom stereocenters. The lowest BCUT2D eigenvalue weighted by Crippen LogP contribution is -2.01. The molecule has 0 nitrogen and oxygen atoms in total. The Balaban J connectivity index is 2.04. The number of benzene rings is 2. The van der Waals surface area contributed by atoms with Crippen molar-refractivity contribution in [2.75, 3.05) is 0 Å². The third-order valence-electron chi connectivity index (χ3n) is 4.44. The fourth-order valence-corrected chi connectivity index (χ4v) is 2.96. The molecule has 0 aromatic heterocycles. The lowest BCUT2D eigenvalue weighted by Gasteiger charge is -2.14. The molecule has 6 rings (SSSR count). The van der Waals surface area contributed by atoms with Gasteiger partial charge in [0.15, 0.2) is 0 Å². The highest BCUT2D eigenvalue weighted by Crippen LogP contribution is 2.24. The van der Waals surface area contributed by atoms with Crippen molar-refractivity contribution >= 4 is 5.57 Å². The lowest BCUT2D eigenvalue weighted by molar-refractivity contribution is 0.918. The Bertz CT molecular complexity index is 630. The maximum absolute atomic E-state index is 2.40. The summed E-state index contributed by atoms with van der Waals surface area (Å²) >= 11 is 0. The third-order valence-corrected chi connectivity index (χ3v) is 4.44. The molecular formula is C20H22. The van der Waals surface area contributed by atoms with Crippen LogP contribution < -0.4 is 0 Å². The molecule has 0 aliphatic heterocycles. The van der Waals surface area contributed by atoms with Crippen LogP contribution in [0, 0.1) is 0 Å². The Morgan fingerprint density at radius 2 is 1.35 bits per heavy atom. The largest absolute Gasteiger partial charge is 0.0841 e. The molecule has 2 aromatic rings. The molecule has 4 aliphatic carbocycles. The molecule has 4 aliphatic rings. The van der Waals surface area contributed by atoms with Crippen molar-refractivity contribution < 1.29 is 0 Å². The third kappa shape index (κ3) is 2.70. The van der Waals surface area contributed by atoms with Crippen LogP contribution >= 0.6 is 0 Å². The van der Waals surface area contributed by atoms with Crippen molar-refractivity contribution in [2.45, 2.75) is 39.5 Å². The molecule has 4 bridgehead atoms. The Kier molecular flexibility index (Phi) is 3.73. The van der Waals surface area contributed by atoms with Gasteiger partial charge in [-0.15, -0.1) is 0 Å². The van der Waals surface area contributed by atoms with Crippen LogP contribution in [0.4, 0.5) is 0 Å². The smallest absolute Gasteiger partial charge is 0.0196 e. The van der Waals surface area contributed by atoms with Gasteiger partial charge in [0, 0.05) is 0 Å². The van der Waals surface area contributed by atoms with E-state index >= 15 is 0 Å². The average Bonchev–Trinajstić information content (AvgIpc) is 2.49. The fourth-order valence-electron chi connectivity index (χ4n) is 2.96. The molecule has 0 fully saturated rings. The second-order valence-corrected chi connectivity index (χ2v) is 5.78. The van der Waals surface area contributed by atoms with E-state index in [0.717, 1.165) is 25.7 Å². The van der Waals surface area contributed by atoms with Crippen LogP contribution in [0.5, 0.6) is 0 Å². The van der Waals surface area contributed by atoms with E-state index in [0.29, 0.717) is 0 Å². The molecular weight excluding hydrogens is 240 g/mol. The average molecular weight is 262 g/mol. The van der Waals surface area contributed by atoms with Crippen molar-refractivity contribution in [2.24, 2.45) is 0 Å². The first kappa shape index (κ1) is 13.2. The molecule has 0 saturated carbocycles. The van der Waals surface area contributed by atoms with Crippen LogP contribution in [0.15, 0.2) is 48.5 Å². The van der Waals surface area contributed by atoms with Gasteiger partial charge in [-0.2, -0.15) is 0 Å². The van der Waals surface area contributed by atoms with Gasteiger partial charge in [0.05, 0.1) is 0 Å². The summed E-state index contributed by atoms with van der Waals surface area (Å²) in [5, 5.41) is 0. The van der Waals surface area contributed by atoms with E-state index < -0.39 is 0 Å². The van der Waals surface area contributed by atoms with Crippen molar-refractivity contribution in [3.05, 3.63) is 76.4 Å². The summed E-state index contributed by atoms with van der Waals surface area (Å²) in [5.74, 6) is 0. The highest BCUT2D eigenvalue weighted by Gasteiger charge is 2.08. The van der Waals surface area contributed by atoms with E-state index in [2.05, 4.69) is 62.4 Å². The molecule has 0 N–H and O–H groups in total. The molecule has 102 valence electrons. The summed E-state index contributed by atoms with van der Waals surface area (Å²) < 4.78 is 0. The maximum atomic E-state index is 2.40. The monoisotopic (exact) mass is 262 g/mol. The van der Waals surface area contributed by atoms with Crippen LogP contribution in [-0.2, 0) is 25.7 Å². The minimum absolute atomic E-state index is 1.13. The minimum Gasteiger partial charge on any atom is -0.0841 e. The molecule has 20 heavy (non-hydrogen) atoms. The van der Waals surface area contributed by atoms with Crippen LogP contribution in [0.1, 0.15) is 41.7 Å². The molecule has 0 amide bonds. The van der Waals surface area contributed by atoms with Gasteiger partial charge in [-0.05, 0) is 72.9 Å². The Labute approximate surface area is 122 Å². The predicted octanol–water partition coefficient (Wildman–Crippen LogP) is 4.99. The first-order valence-corrected chi connectivity index (χ1v) is 7.59. The second-order valence-electron chi connectivity index (χ2n) is 5.78. The van der Waals surface area contributed by atoms with Gasteiger partial charge >= 0.3 is 0 Å². The standard InChI is InChI=1S/C20H22/c1-3-15(2)20-14-18-9-8-16-4-6-17(7-5-16)10-12-19(20)13-11-18/h3-7,11,13-14H,8-10,12H2,1-2H3/b15-3-. The zero-order chi connectivity index (χ0) is 13.9. The first-order chi connectivity index (χ1) is 9.76.